The molecule has 6 heteroatoms. The van der Waals surface area contributed by atoms with Crippen LogP contribution in [0.2, 0.25) is 5.15 Å². The first kappa shape index (κ1) is 13.0. The first-order valence-electron chi connectivity index (χ1n) is 5.37. The lowest BCUT2D eigenvalue weighted by atomic mass is 10.2. The monoisotopic (exact) mass is 272 g/mol. The van der Waals surface area contributed by atoms with Gasteiger partial charge in [-0.15, -0.1) is 0 Å². The van der Waals surface area contributed by atoms with Gasteiger partial charge in [0.25, 0.3) is 0 Å². The number of hydrogen-bond acceptors (Lipinski definition) is 5. The molecule has 0 aliphatic rings. The number of carbonyl (C=O) groups excluding carboxylic acids is 1. The molecule has 0 spiro atoms. The topological polar surface area (TPSA) is 69.9 Å². The lowest BCUT2D eigenvalue weighted by Crippen LogP contribution is -2.14. The molecule has 1 heterocycles. The molecular weight excluding hydrogens is 264 g/mol. The molecule has 0 N–H and O–H groups in total. The molecule has 0 fully saturated rings. The minimum absolute atomic E-state index is 0.112. The molecule has 1 aromatic carbocycles. The van der Waals surface area contributed by atoms with E-state index in [2.05, 4.69) is 9.97 Å². The summed E-state index contributed by atoms with van der Waals surface area (Å²) in [5, 5.41) is 8.87. The zero-order valence-electron chi connectivity index (χ0n) is 10.0. The van der Waals surface area contributed by atoms with Crippen LogP contribution < -0.4 is 4.90 Å². The van der Waals surface area contributed by atoms with Crippen LogP contribution >= 0.6 is 11.6 Å². The van der Waals surface area contributed by atoms with Crippen LogP contribution in [0.3, 0.4) is 0 Å². The standard InChI is InChI=1S/C13H9ClN4O/c1-18(10-4-2-9(6-15)3-5-10)13-11(7-19)12(14)16-8-17-13/h2-5,7-8H,1H3. The van der Waals surface area contributed by atoms with Gasteiger partial charge in [0.1, 0.15) is 17.3 Å². The molecule has 1 aromatic heterocycles. The van der Waals surface area contributed by atoms with Crippen LogP contribution in [0.1, 0.15) is 15.9 Å². The van der Waals surface area contributed by atoms with Gasteiger partial charge >= 0.3 is 0 Å². The Morgan fingerprint density at radius 3 is 2.58 bits per heavy atom. The van der Waals surface area contributed by atoms with E-state index in [4.69, 9.17) is 16.9 Å². The molecule has 0 aliphatic carbocycles. The molecule has 2 rings (SSSR count). The van der Waals surface area contributed by atoms with Crippen molar-refractivity contribution in [3.05, 3.63) is 46.9 Å². The second kappa shape index (κ2) is 5.46. The Hall–Kier alpha value is -2.45. The van der Waals surface area contributed by atoms with Crippen molar-refractivity contribution in [1.82, 2.24) is 9.97 Å². The SMILES string of the molecule is CN(c1ccc(C#N)cc1)c1ncnc(Cl)c1C=O. The van der Waals surface area contributed by atoms with Gasteiger partial charge in [0.05, 0.1) is 17.2 Å². The molecule has 5 nitrogen and oxygen atoms in total. The number of halogens is 1. The maximum atomic E-state index is 11.1. The minimum Gasteiger partial charge on any atom is -0.329 e. The molecule has 19 heavy (non-hydrogen) atoms. The van der Waals surface area contributed by atoms with Crippen molar-refractivity contribution in [2.24, 2.45) is 0 Å². The van der Waals surface area contributed by atoms with Crippen molar-refractivity contribution >= 4 is 29.4 Å². The number of benzene rings is 1. The Kier molecular flexibility index (Phi) is 3.74. The first-order valence-corrected chi connectivity index (χ1v) is 5.74. The van der Waals surface area contributed by atoms with E-state index in [1.54, 1.807) is 36.2 Å². The fraction of sp³-hybridized carbons (Fsp3) is 0.0769. The van der Waals surface area contributed by atoms with Crippen molar-refractivity contribution in [3.63, 3.8) is 0 Å². The summed E-state index contributed by atoms with van der Waals surface area (Å²) < 4.78 is 0. The van der Waals surface area contributed by atoms with Crippen molar-refractivity contribution in [2.75, 3.05) is 11.9 Å². The molecule has 0 saturated heterocycles. The zero-order chi connectivity index (χ0) is 13.8. The van der Waals surface area contributed by atoms with Crippen LogP contribution in [0.4, 0.5) is 11.5 Å². The molecule has 0 radical (unpaired) electrons. The highest BCUT2D eigenvalue weighted by Gasteiger charge is 2.14. The highest BCUT2D eigenvalue weighted by atomic mass is 35.5. The largest absolute Gasteiger partial charge is 0.329 e. The van der Waals surface area contributed by atoms with E-state index in [1.807, 2.05) is 6.07 Å². The number of aromatic nitrogens is 2. The van der Waals surface area contributed by atoms with Gasteiger partial charge in [-0.3, -0.25) is 4.79 Å². The Balaban J connectivity index is 2.44. The molecule has 2 aromatic rings. The summed E-state index contributed by atoms with van der Waals surface area (Å²) in [6, 6.07) is 8.96. The van der Waals surface area contributed by atoms with E-state index in [0.29, 0.717) is 17.7 Å². The summed E-state index contributed by atoms with van der Waals surface area (Å²) in [4.78, 5) is 20.6. The third-order valence-corrected chi connectivity index (χ3v) is 2.93. The van der Waals surface area contributed by atoms with Crippen molar-refractivity contribution in [3.8, 4) is 6.07 Å². The minimum atomic E-state index is 0.112. The molecule has 0 amide bonds. The van der Waals surface area contributed by atoms with Gasteiger partial charge in [0.2, 0.25) is 0 Å². The predicted molar refractivity (Wildman–Crippen MR) is 71.6 cm³/mol. The van der Waals surface area contributed by atoms with Gasteiger partial charge in [-0.1, -0.05) is 11.6 Å². The molecule has 0 saturated carbocycles. The van der Waals surface area contributed by atoms with Crippen LogP contribution in [0.25, 0.3) is 0 Å². The Bertz CT molecular complexity index is 649. The summed E-state index contributed by atoms with van der Waals surface area (Å²) in [5.74, 6) is 0.416. The van der Waals surface area contributed by atoms with Gasteiger partial charge in [0, 0.05) is 12.7 Å². The molecule has 0 aliphatic heterocycles. The van der Waals surface area contributed by atoms with Crippen LogP contribution in [-0.2, 0) is 0 Å². The van der Waals surface area contributed by atoms with E-state index in [9.17, 15) is 4.79 Å². The average molecular weight is 273 g/mol. The summed E-state index contributed by atoms with van der Waals surface area (Å²) >= 11 is 5.86. The Morgan fingerprint density at radius 2 is 2.00 bits per heavy atom. The van der Waals surface area contributed by atoms with Gasteiger partial charge in [-0.2, -0.15) is 5.26 Å². The number of hydrogen-bond donors (Lipinski definition) is 0. The van der Waals surface area contributed by atoms with Crippen molar-refractivity contribution < 1.29 is 4.79 Å². The average Bonchev–Trinajstić information content (AvgIpc) is 2.46. The van der Waals surface area contributed by atoms with Crippen LogP contribution in [0, 0.1) is 11.3 Å². The van der Waals surface area contributed by atoms with Crippen molar-refractivity contribution in [1.29, 1.82) is 5.26 Å². The Morgan fingerprint density at radius 1 is 1.32 bits per heavy atom. The zero-order valence-corrected chi connectivity index (χ0v) is 10.8. The molecular formula is C13H9ClN4O. The van der Waals surface area contributed by atoms with E-state index in [0.717, 1.165) is 5.69 Å². The number of rotatable bonds is 3. The number of aldehydes is 1. The molecule has 0 atom stereocenters. The second-order valence-corrected chi connectivity index (χ2v) is 4.10. The van der Waals surface area contributed by atoms with Crippen LogP contribution in [-0.4, -0.2) is 23.3 Å². The van der Waals surface area contributed by atoms with Crippen molar-refractivity contribution in [2.45, 2.75) is 0 Å². The fourth-order valence-electron chi connectivity index (χ4n) is 1.62. The number of carbonyl (C=O) groups is 1. The third-order valence-electron chi connectivity index (χ3n) is 2.63. The molecule has 0 unspecified atom stereocenters. The smallest absolute Gasteiger partial charge is 0.156 e. The lowest BCUT2D eigenvalue weighted by Gasteiger charge is -2.19. The Labute approximate surface area is 115 Å². The number of nitrogens with zero attached hydrogens (tertiary/aromatic N) is 4. The maximum absolute atomic E-state index is 11.1. The van der Waals surface area contributed by atoms with Crippen LogP contribution in [0.15, 0.2) is 30.6 Å². The van der Waals surface area contributed by atoms with E-state index in [-0.39, 0.29) is 10.7 Å². The summed E-state index contributed by atoms with van der Waals surface area (Å²) in [7, 11) is 1.76. The first-order chi connectivity index (χ1) is 9.17. The molecule has 94 valence electrons. The number of anilines is 2. The van der Waals surface area contributed by atoms with Gasteiger partial charge in [-0.25, -0.2) is 9.97 Å². The predicted octanol–water partition coefficient (Wildman–Crippen LogP) is 2.58. The highest BCUT2D eigenvalue weighted by molar-refractivity contribution is 6.32. The lowest BCUT2D eigenvalue weighted by molar-refractivity contribution is 0.112. The summed E-state index contributed by atoms with van der Waals surface area (Å²) in [5.41, 5.74) is 1.58. The van der Waals surface area contributed by atoms with Crippen LogP contribution in [0.5, 0.6) is 0 Å². The normalized spacial score (nSPS) is 9.74. The third kappa shape index (κ3) is 2.54. The fourth-order valence-corrected chi connectivity index (χ4v) is 1.79. The van der Waals surface area contributed by atoms with Gasteiger partial charge < -0.3 is 4.90 Å². The van der Waals surface area contributed by atoms with Gasteiger partial charge in [-0.05, 0) is 24.3 Å². The second-order valence-electron chi connectivity index (χ2n) is 3.74. The number of nitriles is 1. The van der Waals surface area contributed by atoms with E-state index in [1.165, 1.54) is 6.33 Å². The summed E-state index contributed by atoms with van der Waals surface area (Å²) in [6.07, 6.45) is 1.92. The molecule has 0 bridgehead atoms. The maximum Gasteiger partial charge on any atom is 0.156 e. The quantitative estimate of drug-likeness (QED) is 0.634. The highest BCUT2D eigenvalue weighted by Crippen LogP contribution is 2.26. The summed E-state index contributed by atoms with van der Waals surface area (Å²) in [6.45, 7) is 0. The van der Waals surface area contributed by atoms with E-state index >= 15 is 0 Å². The van der Waals surface area contributed by atoms with E-state index < -0.39 is 0 Å². The van der Waals surface area contributed by atoms with Gasteiger partial charge in [0.15, 0.2) is 6.29 Å².